The van der Waals surface area contributed by atoms with Crippen LogP contribution in [0.25, 0.3) is 0 Å². The molecular weight excluding hydrogens is 362 g/mol. The monoisotopic (exact) mass is 389 g/mol. The number of piperazine rings is 1. The topological polar surface area (TPSA) is 9.72 Å². The second-order valence-electron chi connectivity index (χ2n) is 7.55. The summed E-state index contributed by atoms with van der Waals surface area (Å²) in [6.45, 7) is 10.3. The van der Waals surface area contributed by atoms with Crippen molar-refractivity contribution < 1.29 is 0 Å². The zero-order valence-electron chi connectivity index (χ0n) is 15.5. The first-order chi connectivity index (χ1) is 12.7. The van der Waals surface area contributed by atoms with Gasteiger partial charge in [-0.1, -0.05) is 17.7 Å². The SMILES string of the molecule is Cc1ccc(CN2CCC[C@@H](N3CCN(c4cccc(Cl)c4)CC3)C2)s1. The summed E-state index contributed by atoms with van der Waals surface area (Å²) in [4.78, 5) is 10.8. The molecule has 3 heterocycles. The highest BCUT2D eigenvalue weighted by molar-refractivity contribution is 7.11. The fourth-order valence-corrected chi connectivity index (χ4v) is 5.40. The smallest absolute Gasteiger partial charge is 0.0426 e. The number of piperidine rings is 1. The molecule has 140 valence electrons. The van der Waals surface area contributed by atoms with Gasteiger partial charge in [0, 0.05) is 65.8 Å². The summed E-state index contributed by atoms with van der Waals surface area (Å²) < 4.78 is 0. The van der Waals surface area contributed by atoms with E-state index < -0.39 is 0 Å². The zero-order chi connectivity index (χ0) is 17.9. The number of rotatable bonds is 4. The fraction of sp³-hybridized carbons (Fsp3) is 0.524. The van der Waals surface area contributed by atoms with E-state index in [0.29, 0.717) is 6.04 Å². The lowest BCUT2D eigenvalue weighted by atomic mass is 10.0. The molecule has 3 nitrogen and oxygen atoms in total. The Kier molecular flexibility index (Phi) is 5.84. The van der Waals surface area contributed by atoms with Gasteiger partial charge in [-0.25, -0.2) is 0 Å². The average molecular weight is 390 g/mol. The first-order valence-electron chi connectivity index (χ1n) is 9.69. The molecule has 26 heavy (non-hydrogen) atoms. The highest BCUT2D eigenvalue weighted by Gasteiger charge is 2.28. The molecule has 1 aromatic heterocycles. The summed E-state index contributed by atoms with van der Waals surface area (Å²) in [6.07, 6.45) is 2.67. The maximum Gasteiger partial charge on any atom is 0.0426 e. The Morgan fingerprint density at radius 2 is 1.92 bits per heavy atom. The number of benzene rings is 1. The van der Waals surface area contributed by atoms with Crippen molar-refractivity contribution in [1.82, 2.24) is 9.80 Å². The van der Waals surface area contributed by atoms with Crippen LogP contribution < -0.4 is 4.90 Å². The van der Waals surface area contributed by atoms with E-state index in [-0.39, 0.29) is 0 Å². The molecule has 2 aliphatic heterocycles. The number of likely N-dealkylation sites (tertiary alicyclic amines) is 1. The summed E-state index contributed by atoms with van der Waals surface area (Å²) in [5, 5.41) is 0.830. The molecule has 2 aromatic rings. The van der Waals surface area contributed by atoms with Crippen LogP contribution >= 0.6 is 22.9 Å². The van der Waals surface area contributed by atoms with Gasteiger partial charge in [-0.15, -0.1) is 11.3 Å². The molecule has 0 bridgehead atoms. The van der Waals surface area contributed by atoms with Crippen LogP contribution in [0.1, 0.15) is 22.6 Å². The lowest BCUT2D eigenvalue weighted by Crippen LogP contribution is -2.55. The minimum absolute atomic E-state index is 0.714. The van der Waals surface area contributed by atoms with Crippen LogP contribution in [-0.4, -0.2) is 55.1 Å². The predicted octanol–water partition coefficient (Wildman–Crippen LogP) is 4.50. The number of hydrogen-bond acceptors (Lipinski definition) is 4. The van der Waals surface area contributed by atoms with E-state index in [1.165, 1.54) is 41.4 Å². The molecule has 4 rings (SSSR count). The zero-order valence-corrected chi connectivity index (χ0v) is 17.1. The van der Waals surface area contributed by atoms with Crippen LogP contribution in [0.3, 0.4) is 0 Å². The number of nitrogens with zero attached hydrogens (tertiary/aromatic N) is 3. The Hall–Kier alpha value is -1.07. The molecule has 1 aromatic carbocycles. The third-order valence-corrected chi connectivity index (χ3v) is 6.88. The van der Waals surface area contributed by atoms with Crippen LogP contribution in [0.5, 0.6) is 0 Å². The first-order valence-corrected chi connectivity index (χ1v) is 10.9. The minimum Gasteiger partial charge on any atom is -0.369 e. The summed E-state index contributed by atoms with van der Waals surface area (Å²) in [6, 6.07) is 13.5. The predicted molar refractivity (Wildman–Crippen MR) is 113 cm³/mol. The molecule has 0 aliphatic carbocycles. The van der Waals surface area contributed by atoms with Gasteiger partial charge in [0.15, 0.2) is 0 Å². The summed E-state index contributed by atoms with van der Waals surface area (Å²) in [5.74, 6) is 0. The van der Waals surface area contributed by atoms with E-state index in [4.69, 9.17) is 11.6 Å². The van der Waals surface area contributed by atoms with Crippen molar-refractivity contribution in [3.8, 4) is 0 Å². The minimum atomic E-state index is 0.714. The van der Waals surface area contributed by atoms with E-state index in [9.17, 15) is 0 Å². The molecular formula is C21H28ClN3S. The Morgan fingerprint density at radius 1 is 1.08 bits per heavy atom. The number of hydrogen-bond donors (Lipinski definition) is 0. The maximum atomic E-state index is 6.16. The average Bonchev–Trinajstić information content (AvgIpc) is 3.07. The van der Waals surface area contributed by atoms with Crippen LogP contribution in [0.15, 0.2) is 36.4 Å². The Labute approximate surface area is 166 Å². The second-order valence-corrected chi connectivity index (χ2v) is 9.36. The Bertz CT molecular complexity index is 724. The van der Waals surface area contributed by atoms with Crippen molar-refractivity contribution in [1.29, 1.82) is 0 Å². The molecule has 1 atom stereocenters. The third-order valence-electron chi connectivity index (χ3n) is 5.66. The van der Waals surface area contributed by atoms with Crippen LogP contribution in [-0.2, 0) is 6.54 Å². The number of anilines is 1. The van der Waals surface area contributed by atoms with Gasteiger partial charge in [-0.2, -0.15) is 0 Å². The van der Waals surface area contributed by atoms with Crippen molar-refractivity contribution in [2.24, 2.45) is 0 Å². The van der Waals surface area contributed by atoms with Crippen molar-refractivity contribution in [2.75, 3.05) is 44.2 Å². The van der Waals surface area contributed by atoms with Gasteiger partial charge in [-0.3, -0.25) is 9.80 Å². The summed E-state index contributed by atoms with van der Waals surface area (Å²) in [5.41, 5.74) is 1.26. The highest BCUT2D eigenvalue weighted by Crippen LogP contribution is 2.25. The van der Waals surface area contributed by atoms with Gasteiger partial charge in [0.2, 0.25) is 0 Å². The normalized spacial score (nSPS) is 22.7. The number of thiophene rings is 1. The van der Waals surface area contributed by atoms with Gasteiger partial charge in [0.1, 0.15) is 0 Å². The summed E-state index contributed by atoms with van der Waals surface area (Å²) >= 11 is 8.10. The van der Waals surface area contributed by atoms with E-state index in [1.54, 1.807) is 0 Å². The highest BCUT2D eigenvalue weighted by atomic mass is 35.5. The molecule has 0 amide bonds. The molecule has 0 unspecified atom stereocenters. The second kappa shape index (κ2) is 8.30. The van der Waals surface area contributed by atoms with Gasteiger partial charge in [0.05, 0.1) is 0 Å². The van der Waals surface area contributed by atoms with Crippen LogP contribution in [0.4, 0.5) is 5.69 Å². The van der Waals surface area contributed by atoms with Crippen molar-refractivity contribution in [2.45, 2.75) is 32.4 Å². The molecule has 2 saturated heterocycles. The molecule has 5 heteroatoms. The van der Waals surface area contributed by atoms with E-state index in [1.807, 2.05) is 17.4 Å². The van der Waals surface area contributed by atoms with Gasteiger partial charge >= 0.3 is 0 Å². The third kappa shape index (κ3) is 4.42. The Morgan fingerprint density at radius 3 is 2.65 bits per heavy atom. The van der Waals surface area contributed by atoms with Crippen LogP contribution in [0.2, 0.25) is 5.02 Å². The summed E-state index contributed by atoms with van der Waals surface area (Å²) in [7, 11) is 0. The fourth-order valence-electron chi connectivity index (χ4n) is 4.28. The maximum absolute atomic E-state index is 6.16. The van der Waals surface area contributed by atoms with Crippen molar-refractivity contribution in [3.63, 3.8) is 0 Å². The number of halogens is 1. The van der Waals surface area contributed by atoms with Gasteiger partial charge in [-0.05, 0) is 56.6 Å². The molecule has 2 fully saturated rings. The van der Waals surface area contributed by atoms with E-state index in [0.717, 1.165) is 37.7 Å². The first kappa shape index (κ1) is 18.3. The molecule has 0 N–H and O–H groups in total. The standard InChI is InChI=1S/C21H28ClN3S/c1-17-7-8-21(26-17)16-23-9-3-6-20(15-23)25-12-10-24(11-13-25)19-5-2-4-18(22)14-19/h2,4-5,7-8,14,20H,3,6,9-13,15-16H2,1H3/t20-/m1/s1. The van der Waals surface area contributed by atoms with E-state index >= 15 is 0 Å². The van der Waals surface area contributed by atoms with Crippen molar-refractivity contribution >= 4 is 28.6 Å². The van der Waals surface area contributed by atoms with E-state index in [2.05, 4.69) is 52.0 Å². The van der Waals surface area contributed by atoms with Crippen molar-refractivity contribution in [3.05, 3.63) is 51.2 Å². The Balaban J connectivity index is 1.31. The molecule has 0 saturated carbocycles. The largest absolute Gasteiger partial charge is 0.369 e. The van der Waals surface area contributed by atoms with Gasteiger partial charge < -0.3 is 4.90 Å². The van der Waals surface area contributed by atoms with Crippen LogP contribution in [0, 0.1) is 6.92 Å². The quantitative estimate of drug-likeness (QED) is 0.762. The lowest BCUT2D eigenvalue weighted by Gasteiger charge is -2.44. The number of aryl methyl sites for hydroxylation is 1. The molecule has 2 aliphatic rings. The van der Waals surface area contributed by atoms with Gasteiger partial charge in [0.25, 0.3) is 0 Å². The molecule has 0 radical (unpaired) electrons. The molecule has 0 spiro atoms. The lowest BCUT2D eigenvalue weighted by molar-refractivity contribution is 0.0893.